The van der Waals surface area contributed by atoms with Crippen molar-refractivity contribution < 1.29 is 20.1 Å². The van der Waals surface area contributed by atoms with E-state index in [4.69, 9.17) is 10.1 Å². The van der Waals surface area contributed by atoms with E-state index in [1.165, 1.54) is 12.7 Å². The predicted octanol–water partition coefficient (Wildman–Crippen LogP) is -0.171. The van der Waals surface area contributed by atoms with Gasteiger partial charge in [0.15, 0.2) is 11.7 Å². The standard InChI is InChI=1S/C16H23N5O4/c17-14-11-15(20(8-19-14)9-4-2-1-3-5-9)21(7-18-11)16-13(24)12(23)10(6-22)25-16/h7-10,12-13,16-17,22-24H,1-6H2/t10-,12-,13-,16-/m1/s1. The van der Waals surface area contributed by atoms with Gasteiger partial charge in [-0.25, -0.2) is 9.97 Å². The van der Waals surface area contributed by atoms with Crippen LogP contribution in [-0.4, -0.2) is 59.3 Å². The number of ether oxygens (including phenoxy) is 1. The number of imidazole rings is 1. The average Bonchev–Trinajstić information content (AvgIpc) is 3.19. The quantitative estimate of drug-likeness (QED) is 0.609. The number of aliphatic hydroxyl groups is 3. The molecule has 0 aromatic carbocycles. The Balaban J connectivity index is 1.82. The Morgan fingerprint density at radius 3 is 2.48 bits per heavy atom. The third-order valence-corrected chi connectivity index (χ3v) is 5.31. The highest BCUT2D eigenvalue weighted by Gasteiger charge is 2.44. The molecule has 2 fully saturated rings. The second kappa shape index (κ2) is 6.49. The molecule has 1 aliphatic heterocycles. The maximum atomic E-state index is 10.4. The molecule has 1 aliphatic carbocycles. The van der Waals surface area contributed by atoms with Crippen LogP contribution in [0.5, 0.6) is 0 Å². The van der Waals surface area contributed by atoms with Gasteiger partial charge in [-0.3, -0.25) is 9.98 Å². The van der Waals surface area contributed by atoms with Gasteiger partial charge in [0.25, 0.3) is 0 Å². The molecule has 2 aliphatic rings. The minimum Gasteiger partial charge on any atom is -0.394 e. The number of rotatable bonds is 3. The normalized spacial score (nSPS) is 31.0. The Labute approximate surface area is 144 Å². The highest BCUT2D eigenvalue weighted by Crippen LogP contribution is 2.34. The van der Waals surface area contributed by atoms with Crippen LogP contribution in [0.1, 0.15) is 44.4 Å². The molecule has 9 nitrogen and oxygen atoms in total. The molecule has 1 saturated heterocycles. The minimum absolute atomic E-state index is 0.0625. The summed E-state index contributed by atoms with van der Waals surface area (Å²) in [4.78, 5) is 8.43. The lowest BCUT2D eigenvalue weighted by Crippen LogP contribution is -2.33. The highest BCUT2D eigenvalue weighted by molar-refractivity contribution is 5.69. The van der Waals surface area contributed by atoms with E-state index < -0.39 is 24.5 Å². The van der Waals surface area contributed by atoms with Crippen molar-refractivity contribution in [3.63, 3.8) is 0 Å². The monoisotopic (exact) mass is 349 g/mol. The van der Waals surface area contributed by atoms with Gasteiger partial charge in [-0.2, -0.15) is 0 Å². The lowest BCUT2D eigenvalue weighted by molar-refractivity contribution is -0.0514. The SMILES string of the molecule is N=c1ncn(C2CCCCC2)c2c1ncn2[C@@H]1O[C@H](CO)[C@@H](O)[C@H]1O. The van der Waals surface area contributed by atoms with Crippen molar-refractivity contribution >= 4 is 11.2 Å². The average molecular weight is 349 g/mol. The summed E-state index contributed by atoms with van der Waals surface area (Å²) in [5.74, 6) is 0. The van der Waals surface area contributed by atoms with E-state index in [1.807, 2.05) is 4.57 Å². The van der Waals surface area contributed by atoms with Gasteiger partial charge in [-0.05, 0) is 12.8 Å². The molecule has 2 aromatic rings. The molecule has 4 atom stereocenters. The summed E-state index contributed by atoms with van der Waals surface area (Å²) in [7, 11) is 0. The molecule has 0 amide bonds. The summed E-state index contributed by atoms with van der Waals surface area (Å²) in [6.07, 6.45) is 4.65. The first-order valence-corrected chi connectivity index (χ1v) is 8.72. The highest BCUT2D eigenvalue weighted by atomic mass is 16.6. The van der Waals surface area contributed by atoms with E-state index in [1.54, 1.807) is 10.9 Å². The fraction of sp³-hybridized carbons (Fsp3) is 0.688. The molecular formula is C16H23N5O4. The zero-order valence-corrected chi connectivity index (χ0v) is 13.8. The Hall–Kier alpha value is -1.81. The number of aromatic nitrogens is 4. The summed E-state index contributed by atoms with van der Waals surface area (Å²) < 4.78 is 9.30. The third kappa shape index (κ3) is 2.67. The molecule has 25 heavy (non-hydrogen) atoms. The molecule has 3 heterocycles. The van der Waals surface area contributed by atoms with Crippen molar-refractivity contribution in [2.45, 2.75) is 62.7 Å². The Kier molecular flexibility index (Phi) is 4.32. The molecule has 4 rings (SSSR count). The zero-order valence-electron chi connectivity index (χ0n) is 13.8. The predicted molar refractivity (Wildman–Crippen MR) is 86.5 cm³/mol. The van der Waals surface area contributed by atoms with Crippen LogP contribution in [0.2, 0.25) is 0 Å². The van der Waals surface area contributed by atoms with Crippen molar-refractivity contribution in [3.05, 3.63) is 18.1 Å². The van der Waals surface area contributed by atoms with E-state index in [2.05, 4.69) is 9.97 Å². The molecular weight excluding hydrogens is 326 g/mol. The lowest BCUT2D eigenvalue weighted by Gasteiger charge is -2.27. The van der Waals surface area contributed by atoms with Crippen molar-refractivity contribution in [2.75, 3.05) is 6.61 Å². The van der Waals surface area contributed by atoms with Crippen LogP contribution in [0.4, 0.5) is 0 Å². The minimum atomic E-state index is -1.18. The van der Waals surface area contributed by atoms with Gasteiger partial charge in [0.2, 0.25) is 0 Å². The largest absolute Gasteiger partial charge is 0.394 e. The molecule has 2 aromatic heterocycles. The van der Waals surface area contributed by atoms with Crippen LogP contribution in [0, 0.1) is 5.41 Å². The lowest BCUT2D eigenvalue weighted by atomic mass is 9.95. The first kappa shape index (κ1) is 16.6. The maximum Gasteiger partial charge on any atom is 0.176 e. The Morgan fingerprint density at radius 1 is 1.08 bits per heavy atom. The number of aliphatic hydroxyl groups excluding tert-OH is 3. The van der Waals surface area contributed by atoms with E-state index in [-0.39, 0.29) is 18.1 Å². The van der Waals surface area contributed by atoms with Crippen molar-refractivity contribution in [3.8, 4) is 0 Å². The summed E-state index contributed by atoms with van der Waals surface area (Å²) in [6.45, 7) is -0.380. The van der Waals surface area contributed by atoms with E-state index in [0.717, 1.165) is 25.7 Å². The molecule has 4 N–H and O–H groups in total. The number of hydrogen-bond donors (Lipinski definition) is 4. The van der Waals surface area contributed by atoms with Crippen LogP contribution < -0.4 is 5.49 Å². The van der Waals surface area contributed by atoms with Gasteiger partial charge in [-0.1, -0.05) is 19.3 Å². The summed E-state index contributed by atoms with van der Waals surface area (Å²) in [5, 5.41) is 37.8. The number of hydrogen-bond acceptors (Lipinski definition) is 7. The van der Waals surface area contributed by atoms with Crippen LogP contribution in [0.25, 0.3) is 11.2 Å². The van der Waals surface area contributed by atoms with Gasteiger partial charge in [0.1, 0.15) is 29.5 Å². The topological polar surface area (TPSA) is 129 Å². The molecule has 0 radical (unpaired) electrons. The van der Waals surface area contributed by atoms with Crippen molar-refractivity contribution in [1.29, 1.82) is 5.41 Å². The van der Waals surface area contributed by atoms with Gasteiger partial charge >= 0.3 is 0 Å². The van der Waals surface area contributed by atoms with E-state index >= 15 is 0 Å². The van der Waals surface area contributed by atoms with Gasteiger partial charge in [0.05, 0.1) is 19.3 Å². The number of fused-ring (bicyclic) bond motifs is 1. The molecule has 1 saturated carbocycles. The van der Waals surface area contributed by atoms with Crippen LogP contribution in [-0.2, 0) is 4.74 Å². The second-order valence-electron chi connectivity index (χ2n) is 6.85. The van der Waals surface area contributed by atoms with Crippen LogP contribution in [0.15, 0.2) is 12.7 Å². The molecule has 0 unspecified atom stereocenters. The van der Waals surface area contributed by atoms with Crippen LogP contribution in [0.3, 0.4) is 0 Å². The van der Waals surface area contributed by atoms with Crippen molar-refractivity contribution in [2.24, 2.45) is 0 Å². The number of nitrogens with one attached hydrogen (secondary N) is 1. The molecule has 0 bridgehead atoms. The van der Waals surface area contributed by atoms with Crippen molar-refractivity contribution in [1.82, 2.24) is 19.1 Å². The first-order valence-electron chi connectivity index (χ1n) is 8.72. The zero-order chi connectivity index (χ0) is 17.6. The maximum absolute atomic E-state index is 10.4. The summed E-state index contributed by atoms with van der Waals surface area (Å²) in [6, 6.07) is 0.261. The van der Waals surface area contributed by atoms with Gasteiger partial charge in [-0.15, -0.1) is 0 Å². The molecule has 9 heteroatoms. The number of nitrogens with zero attached hydrogens (tertiary/aromatic N) is 4. The molecule has 0 spiro atoms. The van der Waals surface area contributed by atoms with Crippen LogP contribution >= 0.6 is 0 Å². The van der Waals surface area contributed by atoms with E-state index in [0.29, 0.717) is 11.2 Å². The van der Waals surface area contributed by atoms with Gasteiger partial charge in [0, 0.05) is 6.04 Å². The summed E-state index contributed by atoms with van der Waals surface area (Å²) in [5.41, 5.74) is 1.15. The third-order valence-electron chi connectivity index (χ3n) is 5.31. The Bertz CT molecular complexity index is 812. The molecule has 136 valence electrons. The second-order valence-corrected chi connectivity index (χ2v) is 6.85. The fourth-order valence-corrected chi connectivity index (χ4v) is 3.94. The first-order chi connectivity index (χ1) is 12.1. The summed E-state index contributed by atoms with van der Waals surface area (Å²) >= 11 is 0. The van der Waals surface area contributed by atoms with Gasteiger partial charge < -0.3 is 24.6 Å². The Morgan fingerprint density at radius 2 is 1.80 bits per heavy atom. The smallest absolute Gasteiger partial charge is 0.176 e. The van der Waals surface area contributed by atoms with E-state index in [9.17, 15) is 15.3 Å². The fourth-order valence-electron chi connectivity index (χ4n) is 3.94.